The number of carbonyl (C=O) groups is 2. The average Bonchev–Trinajstić information content (AvgIpc) is 3.10. The van der Waals surface area contributed by atoms with Gasteiger partial charge in [0.1, 0.15) is 17.5 Å². The van der Waals surface area contributed by atoms with E-state index in [-0.39, 0.29) is 28.8 Å². The Hall–Kier alpha value is -4.39. The van der Waals surface area contributed by atoms with E-state index >= 15 is 0 Å². The number of hydrogen-bond acceptors (Lipinski definition) is 5. The number of aromatic nitrogens is 1. The summed E-state index contributed by atoms with van der Waals surface area (Å²) in [6.07, 6.45) is -7.96. The third-order valence-corrected chi connectivity index (χ3v) is 6.48. The van der Waals surface area contributed by atoms with Crippen LogP contribution in [0.4, 0.5) is 26.3 Å². The number of amides is 2. The zero-order chi connectivity index (χ0) is 29.4. The van der Waals surface area contributed by atoms with Crippen molar-refractivity contribution in [3.8, 4) is 17.0 Å². The third kappa shape index (κ3) is 6.04. The monoisotopic (exact) mass is 577 g/mol. The number of ether oxygens (including phenoxy) is 2. The van der Waals surface area contributed by atoms with E-state index in [2.05, 4.69) is 4.98 Å². The zero-order valence-corrected chi connectivity index (χ0v) is 21.1. The summed E-state index contributed by atoms with van der Waals surface area (Å²) in [5.74, 6) is -1.44. The predicted octanol–water partition coefficient (Wildman–Crippen LogP) is 5.76. The van der Waals surface area contributed by atoms with Crippen LogP contribution in [-0.4, -0.2) is 52.9 Å². The molecule has 0 aliphatic carbocycles. The zero-order valence-electron chi connectivity index (χ0n) is 21.1. The van der Waals surface area contributed by atoms with E-state index in [0.717, 1.165) is 17.4 Å². The van der Waals surface area contributed by atoms with Gasteiger partial charge in [-0.2, -0.15) is 26.3 Å². The SMILES string of the molecule is O=C1c2c(-c3ccccc3)cc(C(=O)N3CCOCC3)nc2OC=CN1Cc1cc(C(F)(F)F)cc(C(F)(F)F)c1. The molecule has 0 spiro atoms. The molecule has 2 amide bonds. The summed E-state index contributed by atoms with van der Waals surface area (Å²) in [7, 11) is 0. The van der Waals surface area contributed by atoms with Gasteiger partial charge in [0.25, 0.3) is 11.8 Å². The molecule has 0 unspecified atom stereocenters. The highest BCUT2D eigenvalue weighted by atomic mass is 19.4. The molecule has 0 radical (unpaired) electrons. The molecule has 214 valence electrons. The van der Waals surface area contributed by atoms with Crippen LogP contribution in [0.2, 0.25) is 0 Å². The first kappa shape index (κ1) is 28.1. The number of carbonyl (C=O) groups excluding carboxylic acids is 2. The van der Waals surface area contributed by atoms with Gasteiger partial charge in [0.2, 0.25) is 5.88 Å². The molecule has 1 fully saturated rings. The van der Waals surface area contributed by atoms with E-state index < -0.39 is 47.4 Å². The van der Waals surface area contributed by atoms with Crippen LogP contribution >= 0.6 is 0 Å². The lowest BCUT2D eigenvalue weighted by atomic mass is 9.98. The van der Waals surface area contributed by atoms with E-state index in [0.29, 0.717) is 44.0 Å². The Balaban J connectivity index is 1.56. The highest BCUT2D eigenvalue weighted by Gasteiger charge is 2.37. The van der Waals surface area contributed by atoms with E-state index in [9.17, 15) is 35.9 Å². The van der Waals surface area contributed by atoms with Crippen molar-refractivity contribution in [1.29, 1.82) is 0 Å². The third-order valence-electron chi connectivity index (χ3n) is 6.48. The Morgan fingerprint density at radius 3 is 2.15 bits per heavy atom. The fraction of sp³-hybridized carbons (Fsp3) is 0.250. The van der Waals surface area contributed by atoms with E-state index in [4.69, 9.17) is 9.47 Å². The van der Waals surface area contributed by atoms with Crippen LogP contribution in [0, 0.1) is 0 Å². The Bertz CT molecular complexity index is 1470. The minimum Gasteiger partial charge on any atom is -0.444 e. The minimum absolute atomic E-state index is 0.00755. The Morgan fingerprint density at radius 2 is 1.54 bits per heavy atom. The van der Waals surface area contributed by atoms with Crippen molar-refractivity contribution in [3.05, 3.63) is 95.0 Å². The number of alkyl halides is 6. The van der Waals surface area contributed by atoms with Crippen molar-refractivity contribution in [2.75, 3.05) is 26.3 Å². The number of rotatable bonds is 4. The maximum Gasteiger partial charge on any atom is 0.416 e. The Labute approximate surface area is 229 Å². The molecule has 0 atom stereocenters. The molecule has 0 saturated carbocycles. The average molecular weight is 577 g/mol. The lowest BCUT2D eigenvalue weighted by molar-refractivity contribution is -0.143. The summed E-state index contributed by atoms with van der Waals surface area (Å²) >= 11 is 0. The lowest BCUT2D eigenvalue weighted by Gasteiger charge is -2.27. The van der Waals surface area contributed by atoms with Crippen LogP contribution < -0.4 is 4.74 Å². The molecule has 13 heteroatoms. The molecular weight excluding hydrogens is 556 g/mol. The second kappa shape index (κ2) is 10.9. The van der Waals surface area contributed by atoms with Gasteiger partial charge in [0.05, 0.1) is 30.9 Å². The number of morpholine rings is 1. The van der Waals surface area contributed by atoms with Crippen LogP contribution in [-0.2, 0) is 23.6 Å². The fourth-order valence-corrected chi connectivity index (χ4v) is 4.51. The van der Waals surface area contributed by atoms with Crippen molar-refractivity contribution in [3.63, 3.8) is 0 Å². The molecule has 0 bridgehead atoms. The summed E-state index contributed by atoms with van der Waals surface area (Å²) < 4.78 is 91.3. The molecule has 3 aromatic rings. The second-order valence-corrected chi connectivity index (χ2v) is 9.26. The summed E-state index contributed by atoms with van der Waals surface area (Å²) in [6, 6.07) is 11.0. The molecule has 5 rings (SSSR count). The van der Waals surface area contributed by atoms with Crippen LogP contribution in [0.25, 0.3) is 11.1 Å². The Morgan fingerprint density at radius 1 is 0.902 bits per heavy atom. The lowest BCUT2D eigenvalue weighted by Crippen LogP contribution is -2.41. The van der Waals surface area contributed by atoms with Crippen LogP contribution in [0.1, 0.15) is 37.5 Å². The van der Waals surface area contributed by atoms with Crippen LogP contribution in [0.3, 0.4) is 0 Å². The van der Waals surface area contributed by atoms with Gasteiger partial charge in [-0.1, -0.05) is 30.3 Å². The van der Waals surface area contributed by atoms with Gasteiger partial charge in [-0.05, 0) is 35.4 Å². The molecule has 3 heterocycles. The molecule has 0 N–H and O–H groups in total. The van der Waals surface area contributed by atoms with Crippen molar-refractivity contribution >= 4 is 11.8 Å². The molecule has 7 nitrogen and oxygen atoms in total. The van der Waals surface area contributed by atoms with Crippen molar-refractivity contribution in [2.24, 2.45) is 0 Å². The van der Waals surface area contributed by atoms with E-state index in [1.807, 2.05) is 0 Å². The van der Waals surface area contributed by atoms with Gasteiger partial charge in [0, 0.05) is 24.9 Å². The first-order valence-corrected chi connectivity index (χ1v) is 12.3. The molecular formula is C28H21F6N3O4. The van der Waals surface area contributed by atoms with E-state index in [1.54, 1.807) is 35.2 Å². The van der Waals surface area contributed by atoms with Crippen molar-refractivity contribution in [2.45, 2.75) is 18.9 Å². The summed E-state index contributed by atoms with van der Waals surface area (Å²) in [5.41, 5.74) is -2.74. The minimum atomic E-state index is -5.04. The van der Waals surface area contributed by atoms with E-state index in [1.165, 1.54) is 6.07 Å². The number of benzene rings is 2. The number of nitrogens with zero attached hydrogens (tertiary/aromatic N) is 3. The van der Waals surface area contributed by atoms with Gasteiger partial charge >= 0.3 is 12.4 Å². The molecule has 41 heavy (non-hydrogen) atoms. The quantitative estimate of drug-likeness (QED) is 0.369. The standard InChI is InChI=1S/C28H21F6N3O4/c29-27(30,31)19-12-17(13-20(14-19)28(32,33)34)16-37-8-11-41-24-23(26(37)39)21(18-4-2-1-3-5-18)15-22(35-24)25(38)36-6-9-40-10-7-36/h1-5,8,11-15H,6-7,9-10,16H2. The molecule has 2 aliphatic rings. The van der Waals surface area contributed by atoms with Gasteiger partial charge in [-0.15, -0.1) is 0 Å². The smallest absolute Gasteiger partial charge is 0.416 e. The van der Waals surface area contributed by atoms with Crippen LogP contribution in [0.15, 0.2) is 67.1 Å². The van der Waals surface area contributed by atoms with Gasteiger partial charge in [0.15, 0.2) is 0 Å². The van der Waals surface area contributed by atoms with Crippen molar-refractivity contribution < 1.29 is 45.4 Å². The van der Waals surface area contributed by atoms with Crippen molar-refractivity contribution in [1.82, 2.24) is 14.8 Å². The molecule has 2 aliphatic heterocycles. The summed E-state index contributed by atoms with van der Waals surface area (Å²) in [4.78, 5) is 33.7. The summed E-state index contributed by atoms with van der Waals surface area (Å²) in [5, 5.41) is 0. The normalized spacial score (nSPS) is 15.8. The first-order valence-electron chi connectivity index (χ1n) is 12.3. The second-order valence-electron chi connectivity index (χ2n) is 9.26. The fourth-order valence-electron chi connectivity index (χ4n) is 4.51. The highest BCUT2D eigenvalue weighted by molar-refractivity contribution is 6.05. The number of fused-ring (bicyclic) bond motifs is 1. The molecule has 1 saturated heterocycles. The topological polar surface area (TPSA) is 72.0 Å². The number of hydrogen-bond donors (Lipinski definition) is 0. The maximum absolute atomic E-state index is 13.8. The van der Waals surface area contributed by atoms with Gasteiger partial charge in [-0.3, -0.25) is 9.59 Å². The molecule has 2 aromatic carbocycles. The van der Waals surface area contributed by atoms with Crippen LogP contribution in [0.5, 0.6) is 5.88 Å². The van der Waals surface area contributed by atoms with Gasteiger partial charge in [-0.25, -0.2) is 4.98 Å². The predicted molar refractivity (Wildman–Crippen MR) is 132 cm³/mol. The highest BCUT2D eigenvalue weighted by Crippen LogP contribution is 2.38. The number of halogens is 6. The molecule has 1 aromatic heterocycles. The maximum atomic E-state index is 13.8. The number of pyridine rings is 1. The largest absolute Gasteiger partial charge is 0.444 e. The first-order chi connectivity index (χ1) is 19.4. The summed E-state index contributed by atoms with van der Waals surface area (Å²) in [6.45, 7) is 0.736. The van der Waals surface area contributed by atoms with Gasteiger partial charge < -0.3 is 19.3 Å². The Kier molecular flexibility index (Phi) is 7.47.